The summed E-state index contributed by atoms with van der Waals surface area (Å²) in [7, 11) is 0. The predicted molar refractivity (Wildman–Crippen MR) is 339 cm³/mol. The van der Waals surface area contributed by atoms with Crippen LogP contribution in [0.25, 0.3) is 0 Å². The third-order valence-corrected chi connectivity index (χ3v) is 14.9. The van der Waals surface area contributed by atoms with Crippen LogP contribution in [0.3, 0.4) is 0 Å². The lowest BCUT2D eigenvalue weighted by atomic mass is 10.0. The lowest BCUT2D eigenvalue weighted by Crippen LogP contribution is -2.30. The highest BCUT2D eigenvalue weighted by atomic mass is 16.6. The standard InChI is InChI=1S/C72H128O6/c1-4-7-10-13-16-19-22-25-28-30-32-33-34-35-36-37-38-40-41-44-47-50-53-56-59-62-65-71(74)77-68-69(67-76-70(73)64-61-58-55-52-49-46-43-27-24-21-18-15-12-9-6-3)78-72(75)66-63-60-57-54-51-48-45-42-39-31-29-26-23-20-17-14-11-8-5-2/h8,11,17,20,26-27,29,39,42-43,48,51,69H,4-7,9-10,12-16,18-19,21-25,28,30-38,40-41,44-47,49-50,52-68H2,1-3H3/b11-8-,20-17-,29-26-,42-39-,43-27-,51-48-. The molecule has 0 saturated carbocycles. The molecule has 78 heavy (non-hydrogen) atoms. The second kappa shape index (κ2) is 66.4. The van der Waals surface area contributed by atoms with Crippen molar-refractivity contribution in [2.45, 2.75) is 354 Å². The first kappa shape index (κ1) is 74.8. The predicted octanol–water partition coefficient (Wildman–Crippen LogP) is 23.3. The molecule has 0 spiro atoms. The van der Waals surface area contributed by atoms with E-state index in [1.54, 1.807) is 0 Å². The molecule has 0 aromatic heterocycles. The van der Waals surface area contributed by atoms with Crippen molar-refractivity contribution in [1.82, 2.24) is 0 Å². The molecule has 0 N–H and O–H groups in total. The number of allylic oxidation sites excluding steroid dienone is 12. The fourth-order valence-electron chi connectivity index (χ4n) is 9.88. The van der Waals surface area contributed by atoms with Crippen molar-refractivity contribution in [2.75, 3.05) is 13.2 Å². The number of carbonyl (C=O) groups is 3. The van der Waals surface area contributed by atoms with E-state index < -0.39 is 6.10 Å². The van der Waals surface area contributed by atoms with Crippen LogP contribution in [0.5, 0.6) is 0 Å². The van der Waals surface area contributed by atoms with Gasteiger partial charge in [0.15, 0.2) is 6.10 Å². The smallest absolute Gasteiger partial charge is 0.306 e. The molecule has 1 atom stereocenters. The zero-order valence-corrected chi connectivity index (χ0v) is 51.9. The third-order valence-electron chi connectivity index (χ3n) is 14.9. The van der Waals surface area contributed by atoms with Gasteiger partial charge in [-0.15, -0.1) is 0 Å². The van der Waals surface area contributed by atoms with E-state index in [1.165, 1.54) is 205 Å². The van der Waals surface area contributed by atoms with Crippen LogP contribution in [-0.2, 0) is 28.6 Å². The minimum atomic E-state index is -0.797. The van der Waals surface area contributed by atoms with Gasteiger partial charge in [0.05, 0.1) is 0 Å². The average Bonchev–Trinajstić information content (AvgIpc) is 3.44. The molecule has 452 valence electrons. The van der Waals surface area contributed by atoms with Crippen LogP contribution >= 0.6 is 0 Å². The number of rotatable bonds is 62. The Kier molecular flexibility index (Phi) is 63.7. The van der Waals surface area contributed by atoms with E-state index >= 15 is 0 Å². The third kappa shape index (κ3) is 63.7. The van der Waals surface area contributed by atoms with Gasteiger partial charge in [0.1, 0.15) is 13.2 Å². The van der Waals surface area contributed by atoms with Gasteiger partial charge in [-0.05, 0) is 89.9 Å². The summed E-state index contributed by atoms with van der Waals surface area (Å²) in [4.78, 5) is 38.4. The molecule has 0 radical (unpaired) electrons. The summed E-state index contributed by atoms with van der Waals surface area (Å²) in [6.07, 6.45) is 86.4. The van der Waals surface area contributed by atoms with Gasteiger partial charge in [-0.2, -0.15) is 0 Å². The van der Waals surface area contributed by atoms with E-state index in [0.717, 1.165) is 103 Å². The van der Waals surface area contributed by atoms with Gasteiger partial charge in [0.25, 0.3) is 0 Å². The van der Waals surface area contributed by atoms with Crippen LogP contribution < -0.4 is 0 Å². The summed E-state index contributed by atoms with van der Waals surface area (Å²) in [5.74, 6) is -0.912. The SMILES string of the molecule is CC/C=C\C/C=C\C/C=C\C/C=C\C/C=C\CCCCCC(=O)OC(COC(=O)CCCCCCC/C=C\CCCCCCCC)COC(=O)CCCCCCCCCCCCCCCCCCCCCCCCCCCC. The second-order valence-electron chi connectivity index (χ2n) is 22.7. The molecule has 0 aliphatic carbocycles. The monoisotopic (exact) mass is 1090 g/mol. The molecule has 0 amide bonds. The minimum Gasteiger partial charge on any atom is -0.462 e. The van der Waals surface area contributed by atoms with Crippen molar-refractivity contribution in [1.29, 1.82) is 0 Å². The molecule has 0 saturated heterocycles. The highest BCUT2D eigenvalue weighted by molar-refractivity contribution is 5.71. The Balaban J connectivity index is 4.32. The van der Waals surface area contributed by atoms with Crippen LogP contribution in [0.1, 0.15) is 348 Å². The lowest BCUT2D eigenvalue weighted by Gasteiger charge is -2.18. The Labute approximate surface area is 484 Å². The first-order valence-electron chi connectivity index (χ1n) is 33.9. The Morgan fingerprint density at radius 2 is 0.500 bits per heavy atom. The molecule has 6 heteroatoms. The average molecular weight is 1090 g/mol. The van der Waals surface area contributed by atoms with E-state index in [-0.39, 0.29) is 31.1 Å². The van der Waals surface area contributed by atoms with E-state index in [2.05, 4.69) is 93.7 Å². The molecule has 0 heterocycles. The second-order valence-corrected chi connectivity index (χ2v) is 22.7. The van der Waals surface area contributed by atoms with Crippen molar-refractivity contribution >= 4 is 17.9 Å². The van der Waals surface area contributed by atoms with Crippen LogP contribution in [0.2, 0.25) is 0 Å². The maximum atomic E-state index is 12.9. The van der Waals surface area contributed by atoms with Crippen molar-refractivity contribution < 1.29 is 28.6 Å². The molecule has 1 unspecified atom stereocenters. The summed E-state index contributed by atoms with van der Waals surface area (Å²) >= 11 is 0. The Morgan fingerprint density at radius 1 is 0.269 bits per heavy atom. The number of hydrogen-bond donors (Lipinski definition) is 0. The Hall–Kier alpha value is -3.15. The molecular formula is C72H128O6. The van der Waals surface area contributed by atoms with Gasteiger partial charge < -0.3 is 14.2 Å². The molecule has 0 aromatic rings. The molecule has 6 nitrogen and oxygen atoms in total. The fraction of sp³-hybridized carbons (Fsp3) is 0.792. The zero-order chi connectivity index (χ0) is 56.4. The van der Waals surface area contributed by atoms with E-state index in [1.807, 2.05) is 0 Å². The summed E-state index contributed by atoms with van der Waals surface area (Å²) in [5.41, 5.74) is 0. The normalized spacial score (nSPS) is 12.5. The maximum Gasteiger partial charge on any atom is 0.306 e. The highest BCUT2D eigenvalue weighted by Crippen LogP contribution is 2.18. The minimum absolute atomic E-state index is 0.0885. The highest BCUT2D eigenvalue weighted by Gasteiger charge is 2.19. The largest absolute Gasteiger partial charge is 0.462 e. The molecular weight excluding hydrogens is 961 g/mol. The molecule has 0 aliphatic rings. The van der Waals surface area contributed by atoms with Gasteiger partial charge >= 0.3 is 17.9 Å². The van der Waals surface area contributed by atoms with Crippen molar-refractivity contribution in [3.8, 4) is 0 Å². The van der Waals surface area contributed by atoms with Gasteiger partial charge in [0.2, 0.25) is 0 Å². The van der Waals surface area contributed by atoms with E-state index in [4.69, 9.17) is 14.2 Å². The van der Waals surface area contributed by atoms with Crippen molar-refractivity contribution in [2.24, 2.45) is 0 Å². The number of hydrogen-bond acceptors (Lipinski definition) is 6. The topological polar surface area (TPSA) is 78.9 Å². The first-order chi connectivity index (χ1) is 38.5. The molecule has 0 bridgehead atoms. The maximum absolute atomic E-state index is 12.9. The van der Waals surface area contributed by atoms with Gasteiger partial charge in [-0.3, -0.25) is 14.4 Å². The van der Waals surface area contributed by atoms with Crippen molar-refractivity contribution in [3.63, 3.8) is 0 Å². The van der Waals surface area contributed by atoms with E-state index in [0.29, 0.717) is 19.3 Å². The van der Waals surface area contributed by atoms with Crippen LogP contribution in [-0.4, -0.2) is 37.2 Å². The number of unbranched alkanes of at least 4 members (excludes halogenated alkanes) is 39. The van der Waals surface area contributed by atoms with Gasteiger partial charge in [-0.25, -0.2) is 0 Å². The summed E-state index contributed by atoms with van der Waals surface area (Å²) in [6, 6.07) is 0. The molecule has 0 rings (SSSR count). The summed E-state index contributed by atoms with van der Waals surface area (Å²) in [5, 5.41) is 0. The number of carbonyl (C=O) groups excluding carboxylic acids is 3. The van der Waals surface area contributed by atoms with Crippen LogP contribution in [0.15, 0.2) is 72.9 Å². The summed E-state index contributed by atoms with van der Waals surface area (Å²) in [6.45, 7) is 6.54. The lowest BCUT2D eigenvalue weighted by molar-refractivity contribution is -0.167. The van der Waals surface area contributed by atoms with Crippen molar-refractivity contribution in [3.05, 3.63) is 72.9 Å². The van der Waals surface area contributed by atoms with Gasteiger partial charge in [0, 0.05) is 19.3 Å². The van der Waals surface area contributed by atoms with E-state index in [9.17, 15) is 14.4 Å². The van der Waals surface area contributed by atoms with Crippen LogP contribution in [0, 0.1) is 0 Å². The zero-order valence-electron chi connectivity index (χ0n) is 51.9. The quantitative estimate of drug-likeness (QED) is 0.0261. The first-order valence-corrected chi connectivity index (χ1v) is 33.9. The number of esters is 3. The molecule has 0 aliphatic heterocycles. The fourth-order valence-corrected chi connectivity index (χ4v) is 9.88. The number of ether oxygens (including phenoxy) is 3. The van der Waals surface area contributed by atoms with Gasteiger partial charge in [-0.1, -0.05) is 312 Å². The molecule has 0 aromatic carbocycles. The summed E-state index contributed by atoms with van der Waals surface area (Å²) < 4.78 is 16.9. The Bertz CT molecular complexity index is 1440. The molecule has 0 fully saturated rings. The Morgan fingerprint density at radius 3 is 0.808 bits per heavy atom. The van der Waals surface area contributed by atoms with Crippen LogP contribution in [0.4, 0.5) is 0 Å².